The van der Waals surface area contributed by atoms with E-state index in [1.54, 1.807) is 5.57 Å². The molecule has 1 nitrogen and oxygen atoms in total. The normalized spacial score (nSPS) is 56.2. The minimum absolute atomic E-state index is 0.0805. The predicted octanol–water partition coefficient (Wildman–Crippen LogP) is 4.61. The van der Waals surface area contributed by atoms with E-state index in [9.17, 15) is 5.11 Å². The lowest BCUT2D eigenvalue weighted by Gasteiger charge is -2.57. The van der Waals surface area contributed by atoms with Crippen molar-refractivity contribution in [3.05, 3.63) is 11.6 Å². The van der Waals surface area contributed by atoms with Gasteiger partial charge in [0.2, 0.25) is 0 Å². The van der Waals surface area contributed by atoms with E-state index < -0.39 is 0 Å². The molecular weight excluding hydrogens is 276 g/mol. The van der Waals surface area contributed by atoms with E-state index in [0.717, 1.165) is 30.6 Å². The summed E-state index contributed by atoms with van der Waals surface area (Å²) >= 11 is 4.93. The van der Waals surface area contributed by atoms with Gasteiger partial charge in [-0.1, -0.05) is 25.5 Å². The van der Waals surface area contributed by atoms with Crippen molar-refractivity contribution in [2.45, 2.75) is 76.6 Å². The van der Waals surface area contributed by atoms with Crippen LogP contribution in [0.15, 0.2) is 11.6 Å². The standard InChI is InChI=1S/C19H30OS/c1-18-9-7-13(20)11-12(18)3-4-14-15-5-6-17(21)19(15,2)10-8-16(14)18/h3,13-17,20-21H,4-11H2,1-2H3/t13?,14-,15-,16+,17?,18-,19-/m0/s1. The van der Waals surface area contributed by atoms with E-state index in [2.05, 4.69) is 19.9 Å². The molecule has 0 amide bonds. The molecule has 4 aliphatic carbocycles. The van der Waals surface area contributed by atoms with Crippen LogP contribution in [0, 0.1) is 28.6 Å². The zero-order valence-electron chi connectivity index (χ0n) is 13.5. The third-order valence-electron chi connectivity index (χ3n) is 8.03. The van der Waals surface area contributed by atoms with Crippen LogP contribution in [0.1, 0.15) is 65.2 Å². The molecule has 0 bridgehead atoms. The molecule has 21 heavy (non-hydrogen) atoms. The van der Waals surface area contributed by atoms with E-state index >= 15 is 0 Å². The Morgan fingerprint density at radius 2 is 1.90 bits per heavy atom. The van der Waals surface area contributed by atoms with Crippen LogP contribution in [0.3, 0.4) is 0 Å². The van der Waals surface area contributed by atoms with Gasteiger partial charge in [0.1, 0.15) is 0 Å². The van der Waals surface area contributed by atoms with Crippen LogP contribution in [-0.2, 0) is 0 Å². The summed E-state index contributed by atoms with van der Waals surface area (Å²) in [5.41, 5.74) is 2.46. The molecule has 0 aliphatic heterocycles. The summed E-state index contributed by atoms with van der Waals surface area (Å²) in [5, 5.41) is 10.7. The monoisotopic (exact) mass is 306 g/mol. The highest BCUT2D eigenvalue weighted by molar-refractivity contribution is 7.81. The Balaban J connectivity index is 1.68. The van der Waals surface area contributed by atoms with Crippen molar-refractivity contribution in [3.8, 4) is 0 Å². The highest BCUT2D eigenvalue weighted by Crippen LogP contribution is 2.65. The van der Waals surface area contributed by atoms with Crippen LogP contribution in [0.25, 0.3) is 0 Å². The van der Waals surface area contributed by atoms with E-state index in [1.165, 1.54) is 38.5 Å². The zero-order valence-corrected chi connectivity index (χ0v) is 14.4. The van der Waals surface area contributed by atoms with Gasteiger partial charge in [0.25, 0.3) is 0 Å². The van der Waals surface area contributed by atoms with Crippen LogP contribution in [0.5, 0.6) is 0 Å². The molecule has 0 heterocycles. The lowest BCUT2D eigenvalue weighted by molar-refractivity contribution is -0.0345. The van der Waals surface area contributed by atoms with Crippen LogP contribution in [0.2, 0.25) is 0 Å². The largest absolute Gasteiger partial charge is 0.393 e. The summed E-state index contributed by atoms with van der Waals surface area (Å²) < 4.78 is 0. The van der Waals surface area contributed by atoms with E-state index in [1.807, 2.05) is 0 Å². The molecule has 0 radical (unpaired) electrons. The van der Waals surface area contributed by atoms with Gasteiger partial charge in [-0.2, -0.15) is 12.6 Å². The van der Waals surface area contributed by atoms with Crippen LogP contribution in [0.4, 0.5) is 0 Å². The Morgan fingerprint density at radius 1 is 1.10 bits per heavy atom. The Morgan fingerprint density at radius 3 is 2.71 bits per heavy atom. The summed E-state index contributed by atoms with van der Waals surface area (Å²) in [5.74, 6) is 2.63. The number of fused-ring (bicyclic) bond motifs is 5. The Hall–Kier alpha value is 0.0500. The van der Waals surface area contributed by atoms with Gasteiger partial charge in [0, 0.05) is 5.25 Å². The topological polar surface area (TPSA) is 20.2 Å². The first-order valence-corrected chi connectivity index (χ1v) is 9.52. The van der Waals surface area contributed by atoms with Gasteiger partial charge in [-0.25, -0.2) is 0 Å². The second-order valence-electron chi connectivity index (χ2n) is 8.79. The van der Waals surface area contributed by atoms with Crippen molar-refractivity contribution in [2.75, 3.05) is 0 Å². The minimum atomic E-state index is -0.0805. The van der Waals surface area contributed by atoms with Crippen molar-refractivity contribution >= 4 is 12.6 Å². The molecule has 4 aliphatic rings. The van der Waals surface area contributed by atoms with E-state index in [4.69, 9.17) is 12.6 Å². The van der Waals surface area contributed by atoms with Gasteiger partial charge in [0.15, 0.2) is 0 Å². The second-order valence-corrected chi connectivity index (χ2v) is 9.42. The molecule has 0 aromatic rings. The molecule has 7 atom stereocenters. The van der Waals surface area contributed by atoms with Gasteiger partial charge in [-0.3, -0.25) is 0 Å². The lowest BCUT2D eigenvalue weighted by atomic mass is 9.48. The van der Waals surface area contributed by atoms with E-state index in [0.29, 0.717) is 16.1 Å². The molecule has 2 unspecified atom stereocenters. The summed E-state index contributed by atoms with van der Waals surface area (Å²) in [4.78, 5) is 0. The summed E-state index contributed by atoms with van der Waals surface area (Å²) in [6, 6.07) is 0. The average molecular weight is 307 g/mol. The average Bonchev–Trinajstić information content (AvgIpc) is 2.76. The van der Waals surface area contributed by atoms with Gasteiger partial charge >= 0.3 is 0 Å². The molecule has 3 fully saturated rings. The smallest absolute Gasteiger partial charge is 0.0577 e. The van der Waals surface area contributed by atoms with E-state index in [-0.39, 0.29) is 6.10 Å². The number of thiol groups is 1. The second kappa shape index (κ2) is 4.77. The molecule has 118 valence electrons. The van der Waals surface area contributed by atoms with Crippen LogP contribution >= 0.6 is 12.6 Å². The third kappa shape index (κ3) is 1.94. The van der Waals surface area contributed by atoms with Gasteiger partial charge in [0.05, 0.1) is 6.10 Å². The lowest BCUT2D eigenvalue weighted by Crippen LogP contribution is -2.50. The van der Waals surface area contributed by atoms with Crippen molar-refractivity contribution in [2.24, 2.45) is 28.6 Å². The number of allylic oxidation sites excluding steroid dienone is 1. The molecule has 0 aromatic carbocycles. The third-order valence-corrected chi connectivity index (χ3v) is 8.88. The Bertz CT molecular complexity index is 472. The number of aliphatic hydroxyl groups is 1. The maximum Gasteiger partial charge on any atom is 0.0577 e. The first-order chi connectivity index (χ1) is 9.95. The first kappa shape index (κ1) is 14.6. The quantitative estimate of drug-likeness (QED) is 0.495. The van der Waals surface area contributed by atoms with Crippen molar-refractivity contribution in [3.63, 3.8) is 0 Å². The Kier molecular flexibility index (Phi) is 3.32. The summed E-state index contributed by atoms with van der Waals surface area (Å²) in [7, 11) is 0. The molecule has 0 saturated heterocycles. The van der Waals surface area contributed by atoms with Gasteiger partial charge in [-0.15, -0.1) is 0 Å². The molecule has 2 heteroatoms. The van der Waals surface area contributed by atoms with Crippen molar-refractivity contribution < 1.29 is 5.11 Å². The zero-order chi connectivity index (χ0) is 14.8. The SMILES string of the molecule is C[C@]12CCC(O)CC1=CC[C@@H]1[C@H]2CC[C@]2(C)C(S)CC[C@@H]12. The molecule has 0 spiro atoms. The molecule has 1 N–H and O–H groups in total. The molecule has 3 saturated carbocycles. The fourth-order valence-electron chi connectivity index (χ4n) is 6.61. The predicted molar refractivity (Wildman–Crippen MR) is 90.5 cm³/mol. The highest BCUT2D eigenvalue weighted by atomic mass is 32.1. The number of aliphatic hydroxyl groups excluding tert-OH is 1. The maximum atomic E-state index is 10.0. The maximum absolute atomic E-state index is 10.0. The Labute approximate surface area is 135 Å². The summed E-state index contributed by atoms with van der Waals surface area (Å²) in [6.07, 6.45) is 12.3. The molecule has 0 aromatic heterocycles. The van der Waals surface area contributed by atoms with Gasteiger partial charge in [-0.05, 0) is 80.0 Å². The fourth-order valence-corrected chi connectivity index (χ4v) is 7.08. The first-order valence-electron chi connectivity index (χ1n) is 9.01. The highest BCUT2D eigenvalue weighted by Gasteiger charge is 2.57. The molecular formula is C19H30OS. The van der Waals surface area contributed by atoms with Crippen molar-refractivity contribution in [1.82, 2.24) is 0 Å². The van der Waals surface area contributed by atoms with Crippen molar-refractivity contribution in [1.29, 1.82) is 0 Å². The summed E-state index contributed by atoms with van der Waals surface area (Å²) in [6.45, 7) is 5.03. The number of hydrogen-bond donors (Lipinski definition) is 2. The van der Waals surface area contributed by atoms with Gasteiger partial charge < -0.3 is 5.11 Å². The minimum Gasteiger partial charge on any atom is -0.393 e. The van der Waals surface area contributed by atoms with Crippen LogP contribution in [-0.4, -0.2) is 16.5 Å². The molecule has 4 rings (SSSR count). The number of rotatable bonds is 0. The number of hydrogen-bond acceptors (Lipinski definition) is 2. The van der Waals surface area contributed by atoms with Crippen LogP contribution < -0.4 is 0 Å². The fraction of sp³-hybridized carbons (Fsp3) is 0.895.